The van der Waals surface area contributed by atoms with E-state index in [0.29, 0.717) is 0 Å². The van der Waals surface area contributed by atoms with Crippen molar-refractivity contribution in [2.75, 3.05) is 26.2 Å². The number of hydrogen-bond donors (Lipinski definition) is 1. The number of para-hydroxylation sites is 1. The summed E-state index contributed by atoms with van der Waals surface area (Å²) in [6.45, 7) is 4.28. The minimum absolute atomic E-state index is 0.241. The van der Waals surface area contributed by atoms with Gasteiger partial charge in [-0.3, -0.25) is 9.88 Å². The molecule has 2 aromatic carbocycles. The van der Waals surface area contributed by atoms with E-state index in [-0.39, 0.29) is 6.04 Å². The largest absolute Gasteiger partial charge is 0.315 e. The lowest BCUT2D eigenvalue weighted by Gasteiger charge is -2.31. The van der Waals surface area contributed by atoms with Crippen molar-refractivity contribution in [2.45, 2.75) is 12.5 Å². The highest BCUT2D eigenvalue weighted by Gasteiger charge is 2.23. The Balaban J connectivity index is 1.78. The molecule has 2 heterocycles. The zero-order chi connectivity index (χ0) is 17.1. The highest BCUT2D eigenvalue weighted by Crippen LogP contribution is 2.31. The summed E-state index contributed by atoms with van der Waals surface area (Å²) >= 11 is 3.56. The van der Waals surface area contributed by atoms with E-state index in [9.17, 15) is 0 Å². The molecule has 4 rings (SSSR count). The van der Waals surface area contributed by atoms with Crippen LogP contribution in [0.1, 0.15) is 23.6 Å². The van der Waals surface area contributed by atoms with Crippen molar-refractivity contribution < 1.29 is 0 Å². The number of aromatic nitrogens is 1. The number of benzene rings is 2. The predicted molar refractivity (Wildman–Crippen MR) is 107 cm³/mol. The van der Waals surface area contributed by atoms with Crippen LogP contribution in [0.25, 0.3) is 10.9 Å². The number of nitrogens with one attached hydrogen (secondary N) is 1. The normalized spacial score (nSPS) is 17.3. The summed E-state index contributed by atoms with van der Waals surface area (Å²) in [5.74, 6) is 0. The van der Waals surface area contributed by atoms with Gasteiger partial charge in [-0.25, -0.2) is 0 Å². The van der Waals surface area contributed by atoms with E-state index in [1.807, 2.05) is 12.3 Å². The molecular weight excluding hydrogens is 374 g/mol. The second-order valence-corrected chi connectivity index (χ2v) is 7.47. The molecule has 1 N–H and O–H groups in total. The molecule has 1 aromatic heterocycles. The quantitative estimate of drug-likeness (QED) is 0.712. The van der Waals surface area contributed by atoms with Crippen molar-refractivity contribution in [3.8, 4) is 0 Å². The van der Waals surface area contributed by atoms with E-state index in [1.165, 1.54) is 22.9 Å². The predicted octanol–water partition coefficient (Wildman–Crippen LogP) is 4.38. The van der Waals surface area contributed by atoms with Gasteiger partial charge in [-0.05, 0) is 48.4 Å². The van der Waals surface area contributed by atoms with Gasteiger partial charge in [0, 0.05) is 35.7 Å². The summed E-state index contributed by atoms with van der Waals surface area (Å²) in [6.07, 6.45) is 3.22. The van der Waals surface area contributed by atoms with Gasteiger partial charge in [0.1, 0.15) is 0 Å². The van der Waals surface area contributed by atoms with Crippen LogP contribution in [0.4, 0.5) is 0 Å². The number of fused-ring (bicyclic) bond motifs is 1. The molecule has 128 valence electrons. The molecule has 3 aromatic rings. The molecule has 1 fully saturated rings. The Morgan fingerprint density at radius 3 is 2.68 bits per heavy atom. The Morgan fingerprint density at radius 1 is 0.960 bits per heavy atom. The molecule has 0 amide bonds. The van der Waals surface area contributed by atoms with Gasteiger partial charge in [-0.15, -0.1) is 0 Å². The lowest BCUT2D eigenvalue weighted by molar-refractivity contribution is 0.241. The maximum Gasteiger partial charge on any atom is 0.0702 e. The molecule has 0 radical (unpaired) electrons. The highest BCUT2D eigenvalue weighted by molar-refractivity contribution is 9.10. The Hall–Kier alpha value is -1.75. The van der Waals surface area contributed by atoms with Crippen molar-refractivity contribution in [1.29, 1.82) is 0 Å². The van der Waals surface area contributed by atoms with E-state index in [2.05, 4.69) is 74.7 Å². The molecule has 1 unspecified atom stereocenters. The van der Waals surface area contributed by atoms with E-state index in [1.54, 1.807) is 0 Å². The van der Waals surface area contributed by atoms with Crippen LogP contribution in [-0.2, 0) is 0 Å². The van der Waals surface area contributed by atoms with Crippen LogP contribution >= 0.6 is 15.9 Å². The third-order valence-electron chi connectivity index (χ3n) is 4.85. The molecule has 1 aliphatic heterocycles. The van der Waals surface area contributed by atoms with E-state index < -0.39 is 0 Å². The van der Waals surface area contributed by atoms with Crippen LogP contribution in [0, 0.1) is 0 Å². The van der Waals surface area contributed by atoms with Gasteiger partial charge in [-0.2, -0.15) is 0 Å². The first-order valence-corrected chi connectivity index (χ1v) is 9.65. The number of nitrogens with zero attached hydrogens (tertiary/aromatic N) is 2. The molecule has 1 aliphatic rings. The van der Waals surface area contributed by atoms with Gasteiger partial charge in [0.05, 0.1) is 11.6 Å². The summed E-state index contributed by atoms with van der Waals surface area (Å²) in [5.41, 5.74) is 3.64. The second-order valence-electron chi connectivity index (χ2n) is 6.55. The topological polar surface area (TPSA) is 28.2 Å². The SMILES string of the molecule is Brc1ccc(C(c2cnc3ccccc3c2)N2CCCNCC2)cc1. The van der Waals surface area contributed by atoms with Gasteiger partial charge in [0.2, 0.25) is 0 Å². The van der Waals surface area contributed by atoms with Crippen LogP contribution in [0.5, 0.6) is 0 Å². The standard InChI is InChI=1S/C21H22BrN3/c22-19-8-6-16(7-9-19)21(25-12-3-10-23-11-13-25)18-14-17-4-1-2-5-20(17)24-15-18/h1-2,4-9,14-15,21,23H,3,10-13H2. The molecule has 0 aliphatic carbocycles. The average molecular weight is 396 g/mol. The van der Waals surface area contributed by atoms with Crippen molar-refractivity contribution in [3.63, 3.8) is 0 Å². The van der Waals surface area contributed by atoms with Crippen LogP contribution in [0.15, 0.2) is 65.3 Å². The van der Waals surface area contributed by atoms with Crippen LogP contribution in [-0.4, -0.2) is 36.1 Å². The summed E-state index contributed by atoms with van der Waals surface area (Å²) in [7, 11) is 0. The first-order valence-electron chi connectivity index (χ1n) is 8.86. The highest BCUT2D eigenvalue weighted by atomic mass is 79.9. The molecule has 0 saturated carbocycles. The molecule has 1 atom stereocenters. The lowest BCUT2D eigenvalue weighted by Crippen LogP contribution is -2.33. The first kappa shape index (κ1) is 16.7. The molecule has 3 nitrogen and oxygen atoms in total. The van der Waals surface area contributed by atoms with E-state index >= 15 is 0 Å². The maximum atomic E-state index is 4.71. The monoisotopic (exact) mass is 395 g/mol. The number of rotatable bonds is 3. The second kappa shape index (κ2) is 7.65. The van der Waals surface area contributed by atoms with Gasteiger partial charge in [0.15, 0.2) is 0 Å². The van der Waals surface area contributed by atoms with Crippen molar-refractivity contribution in [3.05, 3.63) is 76.4 Å². The maximum absolute atomic E-state index is 4.71. The summed E-state index contributed by atoms with van der Waals surface area (Å²) < 4.78 is 1.11. The molecule has 0 bridgehead atoms. The average Bonchev–Trinajstić information content (AvgIpc) is 2.93. The van der Waals surface area contributed by atoms with Gasteiger partial charge < -0.3 is 5.32 Å². The number of pyridine rings is 1. The Kier molecular flexibility index (Phi) is 5.11. The fraction of sp³-hybridized carbons (Fsp3) is 0.286. The summed E-state index contributed by atoms with van der Waals surface area (Å²) in [5, 5.41) is 4.71. The molecular formula is C21H22BrN3. The van der Waals surface area contributed by atoms with Crippen LogP contribution in [0.3, 0.4) is 0 Å². The van der Waals surface area contributed by atoms with Crippen molar-refractivity contribution in [1.82, 2.24) is 15.2 Å². The molecule has 25 heavy (non-hydrogen) atoms. The van der Waals surface area contributed by atoms with Crippen molar-refractivity contribution in [2.24, 2.45) is 0 Å². The molecule has 0 spiro atoms. The van der Waals surface area contributed by atoms with Gasteiger partial charge in [0.25, 0.3) is 0 Å². The zero-order valence-electron chi connectivity index (χ0n) is 14.2. The Bertz CT molecular complexity index is 839. The lowest BCUT2D eigenvalue weighted by atomic mass is 9.97. The number of hydrogen-bond acceptors (Lipinski definition) is 3. The molecule has 1 saturated heterocycles. The van der Waals surface area contributed by atoms with Crippen LogP contribution in [0.2, 0.25) is 0 Å². The minimum Gasteiger partial charge on any atom is -0.315 e. The number of halogens is 1. The summed E-state index contributed by atoms with van der Waals surface area (Å²) in [4.78, 5) is 7.29. The Labute approximate surface area is 157 Å². The van der Waals surface area contributed by atoms with Crippen molar-refractivity contribution >= 4 is 26.8 Å². The van der Waals surface area contributed by atoms with E-state index in [0.717, 1.165) is 36.2 Å². The third kappa shape index (κ3) is 3.76. The van der Waals surface area contributed by atoms with Crippen LogP contribution < -0.4 is 5.32 Å². The minimum atomic E-state index is 0.241. The third-order valence-corrected chi connectivity index (χ3v) is 5.38. The fourth-order valence-electron chi connectivity index (χ4n) is 3.62. The Morgan fingerprint density at radius 2 is 1.80 bits per heavy atom. The first-order chi connectivity index (χ1) is 12.3. The summed E-state index contributed by atoms with van der Waals surface area (Å²) in [6, 6.07) is 19.6. The zero-order valence-corrected chi connectivity index (χ0v) is 15.7. The van der Waals surface area contributed by atoms with Gasteiger partial charge in [-0.1, -0.05) is 46.3 Å². The van der Waals surface area contributed by atoms with E-state index in [4.69, 9.17) is 4.98 Å². The fourth-order valence-corrected chi connectivity index (χ4v) is 3.89. The smallest absolute Gasteiger partial charge is 0.0702 e. The van der Waals surface area contributed by atoms with Gasteiger partial charge >= 0.3 is 0 Å². The molecule has 4 heteroatoms.